The standard InChI is InChI=1S/C14H20ClNO.ClH/c1-17-13-5-7-14(10-16,8-6-13)11-3-2-4-12(15)9-11;/h2-4,9,13H,5-8,10,16H2,1H3;1H/t13-,14-;. The van der Waals surface area contributed by atoms with Gasteiger partial charge in [-0.05, 0) is 43.4 Å². The van der Waals surface area contributed by atoms with E-state index in [0.29, 0.717) is 12.6 Å². The predicted molar refractivity (Wildman–Crippen MR) is 78.7 cm³/mol. The monoisotopic (exact) mass is 289 g/mol. The predicted octanol–water partition coefficient (Wildman–Crippen LogP) is 3.55. The zero-order chi connectivity index (χ0) is 12.3. The first-order chi connectivity index (χ1) is 8.20. The molecule has 2 nitrogen and oxygen atoms in total. The fraction of sp³-hybridized carbons (Fsp3) is 0.571. The molecule has 0 spiro atoms. The number of methoxy groups -OCH3 is 1. The highest BCUT2D eigenvalue weighted by Gasteiger charge is 2.35. The second-order valence-corrected chi connectivity index (χ2v) is 5.37. The number of ether oxygens (including phenoxy) is 1. The molecular formula is C14H21Cl2NO. The summed E-state index contributed by atoms with van der Waals surface area (Å²) in [7, 11) is 1.79. The second kappa shape index (κ2) is 6.76. The first-order valence-corrected chi connectivity index (χ1v) is 6.57. The van der Waals surface area contributed by atoms with Gasteiger partial charge in [0.15, 0.2) is 0 Å². The molecule has 1 saturated carbocycles. The van der Waals surface area contributed by atoms with E-state index in [9.17, 15) is 0 Å². The Morgan fingerprint density at radius 2 is 2.06 bits per heavy atom. The Hall–Kier alpha value is -0.280. The van der Waals surface area contributed by atoms with Crippen molar-refractivity contribution in [2.75, 3.05) is 13.7 Å². The summed E-state index contributed by atoms with van der Waals surface area (Å²) >= 11 is 6.07. The molecule has 4 heteroatoms. The van der Waals surface area contributed by atoms with E-state index in [0.717, 1.165) is 30.7 Å². The largest absolute Gasteiger partial charge is 0.381 e. The van der Waals surface area contributed by atoms with Gasteiger partial charge < -0.3 is 10.5 Å². The molecule has 0 aromatic heterocycles. The summed E-state index contributed by atoms with van der Waals surface area (Å²) < 4.78 is 5.42. The normalized spacial score (nSPS) is 27.6. The Balaban J connectivity index is 0.00000162. The zero-order valence-corrected chi connectivity index (χ0v) is 12.3. The lowest BCUT2D eigenvalue weighted by Gasteiger charge is -2.39. The summed E-state index contributed by atoms with van der Waals surface area (Å²) in [6.45, 7) is 0.684. The molecule has 0 bridgehead atoms. The van der Waals surface area contributed by atoms with Gasteiger partial charge in [-0.1, -0.05) is 23.7 Å². The number of halogens is 2. The van der Waals surface area contributed by atoms with E-state index < -0.39 is 0 Å². The first-order valence-electron chi connectivity index (χ1n) is 6.19. The SMILES string of the molecule is CO[C@H]1CC[C@](CN)(c2cccc(Cl)c2)CC1.Cl. The maximum absolute atomic E-state index is 6.07. The van der Waals surface area contributed by atoms with E-state index in [1.165, 1.54) is 5.56 Å². The van der Waals surface area contributed by atoms with Crippen LogP contribution in [0.25, 0.3) is 0 Å². The number of hydrogen-bond donors (Lipinski definition) is 1. The van der Waals surface area contributed by atoms with Crippen LogP contribution in [0.3, 0.4) is 0 Å². The van der Waals surface area contributed by atoms with Crippen molar-refractivity contribution in [3.63, 3.8) is 0 Å². The van der Waals surface area contributed by atoms with E-state index in [4.69, 9.17) is 22.1 Å². The highest BCUT2D eigenvalue weighted by atomic mass is 35.5. The van der Waals surface area contributed by atoms with Crippen LogP contribution < -0.4 is 5.73 Å². The van der Waals surface area contributed by atoms with Crippen LogP contribution >= 0.6 is 24.0 Å². The Bertz CT molecular complexity index is 376. The molecule has 1 aliphatic rings. The summed E-state index contributed by atoms with van der Waals surface area (Å²) in [5.74, 6) is 0. The molecular weight excluding hydrogens is 269 g/mol. The number of nitrogens with two attached hydrogens (primary N) is 1. The molecule has 0 saturated heterocycles. The minimum absolute atomic E-state index is 0. The number of hydrogen-bond acceptors (Lipinski definition) is 2. The van der Waals surface area contributed by atoms with Crippen LogP contribution in [0.5, 0.6) is 0 Å². The van der Waals surface area contributed by atoms with Crippen LogP contribution in [0.4, 0.5) is 0 Å². The summed E-state index contributed by atoms with van der Waals surface area (Å²) in [6.07, 6.45) is 4.74. The fourth-order valence-electron chi connectivity index (χ4n) is 2.81. The zero-order valence-electron chi connectivity index (χ0n) is 10.7. The molecule has 0 amide bonds. The average Bonchev–Trinajstić information content (AvgIpc) is 2.39. The third kappa shape index (κ3) is 3.18. The summed E-state index contributed by atoms with van der Waals surface area (Å²) in [5.41, 5.74) is 7.40. The van der Waals surface area contributed by atoms with Crippen molar-refractivity contribution < 1.29 is 4.74 Å². The van der Waals surface area contributed by atoms with E-state index in [-0.39, 0.29) is 17.8 Å². The van der Waals surface area contributed by atoms with Crippen LogP contribution in [0.1, 0.15) is 31.2 Å². The summed E-state index contributed by atoms with van der Waals surface area (Å²) in [4.78, 5) is 0. The van der Waals surface area contributed by atoms with Crippen LogP contribution in [0.15, 0.2) is 24.3 Å². The van der Waals surface area contributed by atoms with Gasteiger partial charge in [0.05, 0.1) is 6.10 Å². The van der Waals surface area contributed by atoms with Gasteiger partial charge in [0.1, 0.15) is 0 Å². The van der Waals surface area contributed by atoms with Crippen LogP contribution in [0.2, 0.25) is 5.02 Å². The fourth-order valence-corrected chi connectivity index (χ4v) is 3.00. The Kier molecular flexibility index (Phi) is 5.93. The summed E-state index contributed by atoms with van der Waals surface area (Å²) in [5, 5.41) is 0.796. The topological polar surface area (TPSA) is 35.2 Å². The van der Waals surface area contributed by atoms with Crippen molar-refractivity contribution in [3.8, 4) is 0 Å². The lowest BCUT2D eigenvalue weighted by atomic mass is 9.69. The number of benzene rings is 1. The van der Waals surface area contributed by atoms with Gasteiger partial charge in [0.2, 0.25) is 0 Å². The van der Waals surface area contributed by atoms with Crippen LogP contribution in [-0.4, -0.2) is 19.8 Å². The highest BCUT2D eigenvalue weighted by molar-refractivity contribution is 6.30. The van der Waals surface area contributed by atoms with Crippen molar-refractivity contribution in [1.82, 2.24) is 0 Å². The lowest BCUT2D eigenvalue weighted by molar-refractivity contribution is 0.0498. The van der Waals surface area contributed by atoms with Crippen molar-refractivity contribution in [1.29, 1.82) is 0 Å². The molecule has 0 aliphatic heterocycles. The maximum atomic E-state index is 6.07. The highest BCUT2D eigenvalue weighted by Crippen LogP contribution is 2.40. The van der Waals surface area contributed by atoms with Crippen LogP contribution in [-0.2, 0) is 10.2 Å². The van der Waals surface area contributed by atoms with Gasteiger partial charge in [0.25, 0.3) is 0 Å². The van der Waals surface area contributed by atoms with Crippen molar-refractivity contribution in [2.45, 2.75) is 37.2 Å². The molecule has 0 atom stereocenters. The number of rotatable bonds is 3. The average molecular weight is 290 g/mol. The molecule has 1 aromatic rings. The molecule has 102 valence electrons. The lowest BCUT2D eigenvalue weighted by Crippen LogP contribution is -2.40. The van der Waals surface area contributed by atoms with Crippen molar-refractivity contribution in [3.05, 3.63) is 34.9 Å². The molecule has 2 rings (SSSR count). The third-order valence-corrected chi connectivity index (χ3v) is 4.29. The van der Waals surface area contributed by atoms with E-state index in [1.807, 2.05) is 12.1 Å². The van der Waals surface area contributed by atoms with E-state index >= 15 is 0 Å². The Morgan fingerprint density at radius 3 is 2.56 bits per heavy atom. The molecule has 1 aliphatic carbocycles. The Labute approximate surface area is 120 Å². The first kappa shape index (κ1) is 15.8. The van der Waals surface area contributed by atoms with Gasteiger partial charge in [-0.3, -0.25) is 0 Å². The minimum atomic E-state index is 0. The maximum Gasteiger partial charge on any atom is 0.0572 e. The van der Waals surface area contributed by atoms with Crippen molar-refractivity contribution >= 4 is 24.0 Å². The van der Waals surface area contributed by atoms with Gasteiger partial charge in [0, 0.05) is 24.1 Å². The molecule has 1 fully saturated rings. The molecule has 1 aromatic carbocycles. The van der Waals surface area contributed by atoms with Gasteiger partial charge in [-0.2, -0.15) is 0 Å². The van der Waals surface area contributed by atoms with Gasteiger partial charge in [-0.25, -0.2) is 0 Å². The Morgan fingerprint density at radius 1 is 1.39 bits per heavy atom. The quantitative estimate of drug-likeness (QED) is 0.924. The van der Waals surface area contributed by atoms with Crippen molar-refractivity contribution in [2.24, 2.45) is 5.73 Å². The summed E-state index contributed by atoms with van der Waals surface area (Å²) in [6, 6.07) is 8.13. The molecule has 18 heavy (non-hydrogen) atoms. The van der Waals surface area contributed by atoms with E-state index in [2.05, 4.69) is 12.1 Å². The van der Waals surface area contributed by atoms with E-state index in [1.54, 1.807) is 7.11 Å². The molecule has 2 N–H and O–H groups in total. The minimum Gasteiger partial charge on any atom is -0.381 e. The second-order valence-electron chi connectivity index (χ2n) is 4.93. The smallest absolute Gasteiger partial charge is 0.0572 e. The molecule has 0 radical (unpaired) electrons. The third-order valence-electron chi connectivity index (χ3n) is 4.05. The van der Waals surface area contributed by atoms with Gasteiger partial charge >= 0.3 is 0 Å². The van der Waals surface area contributed by atoms with Crippen LogP contribution in [0, 0.1) is 0 Å². The molecule has 0 unspecified atom stereocenters. The molecule has 0 heterocycles. The van der Waals surface area contributed by atoms with Gasteiger partial charge in [-0.15, -0.1) is 12.4 Å².